The fourth-order valence-corrected chi connectivity index (χ4v) is 4.07. The molecule has 1 atom stereocenters. The highest BCUT2D eigenvalue weighted by Gasteiger charge is 2.32. The highest BCUT2D eigenvalue weighted by molar-refractivity contribution is 7.08. The predicted octanol–water partition coefficient (Wildman–Crippen LogP) is 4.61. The Hall–Kier alpha value is -2.66. The number of hydrogen-bond acceptors (Lipinski definition) is 4. The zero-order valence-corrected chi connectivity index (χ0v) is 14.9. The molecule has 0 bridgehead atoms. The first-order chi connectivity index (χ1) is 12.2. The number of hydrogen-bond donors (Lipinski definition) is 0. The van der Waals surface area contributed by atoms with Crippen LogP contribution in [0.25, 0.3) is 10.8 Å². The summed E-state index contributed by atoms with van der Waals surface area (Å²) < 4.78 is 5.49. The molecule has 1 aliphatic rings. The molecule has 0 fully saturated rings. The highest BCUT2D eigenvalue weighted by atomic mass is 32.1. The molecule has 0 radical (unpaired) electrons. The minimum Gasteiger partial charge on any atom is -0.496 e. The van der Waals surface area contributed by atoms with Crippen molar-refractivity contribution in [2.45, 2.75) is 19.4 Å². The van der Waals surface area contributed by atoms with Gasteiger partial charge in [0, 0.05) is 24.3 Å². The van der Waals surface area contributed by atoms with E-state index in [9.17, 15) is 4.79 Å². The number of hydrazone groups is 1. The van der Waals surface area contributed by atoms with Gasteiger partial charge in [-0.25, -0.2) is 5.01 Å². The molecule has 3 aromatic rings. The van der Waals surface area contributed by atoms with Crippen LogP contribution < -0.4 is 4.74 Å². The second-order valence-electron chi connectivity index (χ2n) is 6.04. The minimum absolute atomic E-state index is 0.0462. The number of thiophene rings is 1. The third-order valence-electron chi connectivity index (χ3n) is 4.58. The van der Waals surface area contributed by atoms with Crippen LogP contribution in [0, 0.1) is 0 Å². The Morgan fingerprint density at radius 1 is 1.20 bits per heavy atom. The quantitative estimate of drug-likeness (QED) is 0.692. The van der Waals surface area contributed by atoms with Crippen molar-refractivity contribution in [1.29, 1.82) is 0 Å². The number of carbonyl (C=O) groups is 1. The van der Waals surface area contributed by atoms with Gasteiger partial charge in [-0.3, -0.25) is 4.79 Å². The van der Waals surface area contributed by atoms with E-state index in [-0.39, 0.29) is 11.9 Å². The van der Waals surface area contributed by atoms with Crippen LogP contribution in [0.3, 0.4) is 0 Å². The van der Waals surface area contributed by atoms with Crippen molar-refractivity contribution in [3.63, 3.8) is 0 Å². The molecule has 2 heterocycles. The van der Waals surface area contributed by atoms with Gasteiger partial charge in [-0.05, 0) is 33.8 Å². The summed E-state index contributed by atoms with van der Waals surface area (Å²) in [5, 5.41) is 12.5. The second kappa shape index (κ2) is 6.33. The number of amides is 1. The van der Waals surface area contributed by atoms with Gasteiger partial charge in [-0.2, -0.15) is 16.4 Å². The maximum absolute atomic E-state index is 12.2. The first kappa shape index (κ1) is 15.8. The van der Waals surface area contributed by atoms with Crippen LogP contribution in [-0.4, -0.2) is 23.7 Å². The van der Waals surface area contributed by atoms with Gasteiger partial charge in [-0.15, -0.1) is 0 Å². The van der Waals surface area contributed by atoms with E-state index in [1.807, 2.05) is 35.7 Å². The molecule has 126 valence electrons. The van der Waals surface area contributed by atoms with E-state index in [1.54, 1.807) is 30.4 Å². The normalized spacial score (nSPS) is 17.0. The second-order valence-corrected chi connectivity index (χ2v) is 6.82. The maximum atomic E-state index is 12.2. The van der Waals surface area contributed by atoms with Gasteiger partial charge >= 0.3 is 0 Å². The van der Waals surface area contributed by atoms with Gasteiger partial charge in [0.1, 0.15) is 5.75 Å². The van der Waals surface area contributed by atoms with Crippen LogP contribution >= 0.6 is 11.3 Å². The highest BCUT2D eigenvalue weighted by Crippen LogP contribution is 2.39. The van der Waals surface area contributed by atoms with E-state index in [1.165, 1.54) is 0 Å². The molecule has 0 N–H and O–H groups in total. The Kier molecular flexibility index (Phi) is 4.01. The van der Waals surface area contributed by atoms with Crippen molar-refractivity contribution >= 4 is 33.7 Å². The molecule has 1 aromatic heterocycles. The molecule has 0 aliphatic carbocycles. The zero-order valence-electron chi connectivity index (χ0n) is 14.1. The van der Waals surface area contributed by atoms with Gasteiger partial charge < -0.3 is 4.74 Å². The molecule has 0 spiro atoms. The van der Waals surface area contributed by atoms with Gasteiger partial charge in [-0.1, -0.05) is 30.3 Å². The Bertz CT molecular complexity index is 963. The summed E-state index contributed by atoms with van der Waals surface area (Å²) in [6, 6.07) is 14.1. The molecule has 25 heavy (non-hydrogen) atoms. The number of nitrogens with zero attached hydrogens (tertiary/aromatic N) is 2. The van der Waals surface area contributed by atoms with Crippen LogP contribution in [0.5, 0.6) is 5.75 Å². The van der Waals surface area contributed by atoms with Crippen LogP contribution in [0.1, 0.15) is 30.5 Å². The molecule has 0 saturated heterocycles. The number of ether oxygens (including phenoxy) is 1. The van der Waals surface area contributed by atoms with Crippen LogP contribution in [-0.2, 0) is 4.79 Å². The Morgan fingerprint density at radius 3 is 2.68 bits per heavy atom. The average Bonchev–Trinajstić information content (AvgIpc) is 3.30. The summed E-state index contributed by atoms with van der Waals surface area (Å²) >= 11 is 1.64. The molecule has 0 unspecified atom stereocenters. The van der Waals surface area contributed by atoms with Crippen LogP contribution in [0.15, 0.2) is 58.3 Å². The first-order valence-electron chi connectivity index (χ1n) is 8.14. The van der Waals surface area contributed by atoms with E-state index in [0.29, 0.717) is 6.42 Å². The summed E-state index contributed by atoms with van der Waals surface area (Å²) in [6.07, 6.45) is 0.715. The van der Waals surface area contributed by atoms with Crippen molar-refractivity contribution in [3.8, 4) is 5.75 Å². The lowest BCUT2D eigenvalue weighted by Crippen LogP contribution is -2.24. The number of carbonyl (C=O) groups excluding carboxylic acids is 1. The average molecular weight is 350 g/mol. The van der Waals surface area contributed by atoms with E-state index >= 15 is 0 Å². The molecule has 1 aliphatic heterocycles. The third-order valence-corrected chi connectivity index (χ3v) is 5.27. The van der Waals surface area contributed by atoms with Crippen molar-refractivity contribution < 1.29 is 9.53 Å². The van der Waals surface area contributed by atoms with E-state index in [4.69, 9.17) is 4.74 Å². The van der Waals surface area contributed by atoms with E-state index < -0.39 is 0 Å². The molecular weight excluding hydrogens is 332 g/mol. The lowest BCUT2D eigenvalue weighted by molar-refractivity contribution is -0.130. The minimum atomic E-state index is -0.0943. The van der Waals surface area contributed by atoms with Crippen molar-refractivity contribution in [2.75, 3.05) is 7.11 Å². The summed E-state index contributed by atoms with van der Waals surface area (Å²) in [5.74, 6) is 0.792. The molecule has 0 saturated carbocycles. The van der Waals surface area contributed by atoms with Crippen molar-refractivity contribution in [3.05, 3.63) is 64.4 Å². The Morgan fingerprint density at radius 2 is 2.00 bits per heavy atom. The van der Waals surface area contributed by atoms with Gasteiger partial charge in [0.05, 0.1) is 18.9 Å². The Labute approximate surface area is 150 Å². The SMILES string of the molecule is COc1ccc([C@@H]2CC(c3ccsc3)=NN2C(C)=O)c2ccccc12. The number of methoxy groups -OCH3 is 1. The van der Waals surface area contributed by atoms with Gasteiger partial charge in [0.15, 0.2) is 0 Å². The molecular formula is C20H18N2O2S. The topological polar surface area (TPSA) is 41.9 Å². The fourth-order valence-electron chi connectivity index (χ4n) is 3.41. The van der Waals surface area contributed by atoms with Gasteiger partial charge in [0.25, 0.3) is 0 Å². The number of rotatable bonds is 3. The third kappa shape index (κ3) is 2.70. The lowest BCUT2D eigenvalue weighted by Gasteiger charge is -2.22. The largest absolute Gasteiger partial charge is 0.496 e. The standard InChI is InChI=1S/C20H18N2O2S/c1-13(23)22-19(11-18(21-22)14-9-10-25-12-14)16-7-8-20(24-2)17-6-4-3-5-15(16)17/h3-10,12,19H,11H2,1-2H3/t19-/m0/s1. The van der Waals surface area contributed by atoms with Crippen molar-refractivity contribution in [2.24, 2.45) is 5.10 Å². The smallest absolute Gasteiger partial charge is 0.240 e. The summed E-state index contributed by atoms with van der Waals surface area (Å²) in [7, 11) is 1.68. The Balaban J connectivity index is 1.82. The molecule has 1 amide bonds. The molecule has 2 aromatic carbocycles. The zero-order chi connectivity index (χ0) is 17.4. The number of benzene rings is 2. The molecule has 4 rings (SSSR count). The summed E-state index contributed by atoms with van der Waals surface area (Å²) in [6.45, 7) is 1.57. The van der Waals surface area contributed by atoms with Crippen LogP contribution in [0.4, 0.5) is 0 Å². The summed E-state index contributed by atoms with van der Waals surface area (Å²) in [5.41, 5.74) is 3.15. The summed E-state index contributed by atoms with van der Waals surface area (Å²) in [4.78, 5) is 12.2. The number of fused-ring (bicyclic) bond motifs is 1. The van der Waals surface area contributed by atoms with E-state index in [0.717, 1.165) is 33.4 Å². The fraction of sp³-hybridized carbons (Fsp3) is 0.200. The van der Waals surface area contributed by atoms with Crippen LogP contribution in [0.2, 0.25) is 0 Å². The lowest BCUT2D eigenvalue weighted by atomic mass is 9.94. The molecule has 5 heteroatoms. The molecule has 4 nitrogen and oxygen atoms in total. The maximum Gasteiger partial charge on any atom is 0.240 e. The van der Waals surface area contributed by atoms with Crippen molar-refractivity contribution in [1.82, 2.24) is 5.01 Å². The first-order valence-corrected chi connectivity index (χ1v) is 9.09. The van der Waals surface area contributed by atoms with E-state index in [2.05, 4.69) is 22.6 Å². The predicted molar refractivity (Wildman–Crippen MR) is 101 cm³/mol. The van der Waals surface area contributed by atoms with Gasteiger partial charge in [0.2, 0.25) is 5.91 Å². The monoisotopic (exact) mass is 350 g/mol.